The summed E-state index contributed by atoms with van der Waals surface area (Å²) in [6.45, 7) is -1.43. The first kappa shape index (κ1) is 38.6. The first-order valence-electron chi connectivity index (χ1n) is 16.6. The number of nitrogens with one attached hydrogen (secondary N) is 3. The molecule has 292 valence electrons. The molecule has 6 atom stereocenters. The molecule has 3 aliphatic rings. The number of imidazole rings is 1. The number of aliphatic hydroxyl groups excluding tert-OH is 3. The number of nitrogens with zero attached hydrogens (tertiary/aromatic N) is 5. The van der Waals surface area contributed by atoms with Crippen molar-refractivity contribution in [1.29, 1.82) is 0 Å². The first-order valence-corrected chi connectivity index (χ1v) is 20.0. The van der Waals surface area contributed by atoms with E-state index in [9.17, 15) is 38.1 Å². The number of nitrogen functional groups attached to an aromatic ring is 1. The minimum Gasteiger partial charge on any atom is -0.445 e. The monoisotopic (exact) mass is 817 g/mol. The van der Waals surface area contributed by atoms with Crippen molar-refractivity contribution < 1.29 is 51.8 Å². The second-order valence-corrected chi connectivity index (χ2v) is 16.1. The number of benzene rings is 1. The lowest BCUT2D eigenvalue weighted by Crippen LogP contribution is -2.70. The van der Waals surface area contributed by atoms with Crippen LogP contribution in [0.25, 0.3) is 11.2 Å². The Morgan fingerprint density at radius 2 is 1.91 bits per heavy atom. The number of anilines is 2. The molecule has 0 unspecified atom stereocenters. The highest BCUT2D eigenvalue weighted by Gasteiger charge is 2.52. The molecule has 0 spiro atoms. The molecule has 20 nitrogen and oxygen atoms in total. The molecular formula is C32H35N9O11S3. The lowest BCUT2D eigenvalue weighted by Gasteiger charge is -2.50. The number of aliphatic hydroxyl groups is 3. The molecule has 7 rings (SSSR count). The van der Waals surface area contributed by atoms with E-state index in [2.05, 4.69) is 30.3 Å². The third-order valence-electron chi connectivity index (χ3n) is 8.97. The average Bonchev–Trinajstić information content (AvgIpc) is 3.92. The summed E-state index contributed by atoms with van der Waals surface area (Å²) in [7, 11) is -4.33. The fourth-order valence-electron chi connectivity index (χ4n) is 6.14. The second-order valence-electron chi connectivity index (χ2n) is 12.5. The zero-order valence-electron chi connectivity index (χ0n) is 28.5. The van der Waals surface area contributed by atoms with E-state index in [1.54, 1.807) is 12.1 Å². The van der Waals surface area contributed by atoms with Crippen LogP contribution in [0, 0.1) is 0 Å². The molecule has 3 aromatic heterocycles. The molecular weight excluding hydrogens is 783 g/mol. The number of fused-ring (bicyclic) bond motifs is 2. The Morgan fingerprint density at radius 1 is 1.11 bits per heavy atom. The number of amides is 3. The van der Waals surface area contributed by atoms with Crippen molar-refractivity contribution in [2.24, 2.45) is 0 Å². The predicted octanol–water partition coefficient (Wildman–Crippen LogP) is -0.422. The van der Waals surface area contributed by atoms with Crippen LogP contribution in [0.15, 0.2) is 65.7 Å². The number of thiophene rings is 1. The van der Waals surface area contributed by atoms with Crippen LogP contribution in [0.5, 0.6) is 0 Å². The van der Waals surface area contributed by atoms with Gasteiger partial charge in [0.05, 0.1) is 31.7 Å². The van der Waals surface area contributed by atoms with E-state index >= 15 is 0 Å². The van der Waals surface area contributed by atoms with Crippen molar-refractivity contribution in [3.8, 4) is 0 Å². The number of hydrogen-bond donors (Lipinski definition) is 7. The molecule has 0 aliphatic carbocycles. The van der Waals surface area contributed by atoms with E-state index in [0.717, 1.165) is 4.88 Å². The Balaban J connectivity index is 0.850. The van der Waals surface area contributed by atoms with Crippen molar-refractivity contribution in [2.75, 3.05) is 36.6 Å². The Bertz CT molecular complexity index is 2200. The molecule has 3 amide bonds. The predicted molar refractivity (Wildman–Crippen MR) is 196 cm³/mol. The third-order valence-corrected chi connectivity index (χ3v) is 12.1. The second kappa shape index (κ2) is 16.2. The van der Waals surface area contributed by atoms with E-state index in [1.807, 2.05) is 17.5 Å². The van der Waals surface area contributed by atoms with Gasteiger partial charge in [0.25, 0.3) is 5.91 Å². The van der Waals surface area contributed by atoms with E-state index in [1.165, 1.54) is 57.4 Å². The van der Waals surface area contributed by atoms with Gasteiger partial charge in [-0.05, 0) is 34.7 Å². The van der Waals surface area contributed by atoms with Gasteiger partial charge in [-0.1, -0.05) is 18.2 Å². The van der Waals surface area contributed by atoms with Crippen molar-refractivity contribution in [3.05, 3.63) is 76.1 Å². The highest BCUT2D eigenvalue weighted by Crippen LogP contribution is 2.40. The maximum Gasteiger partial charge on any atom is 0.411 e. The zero-order chi connectivity index (χ0) is 38.9. The van der Waals surface area contributed by atoms with Crippen molar-refractivity contribution >= 4 is 74.0 Å². The SMILES string of the molecule is Nc1ncnc2c1ncn2[C@@H]1O[C@H](COS(=O)(=O)NCc2ccc(NC(=O)OCC3=C(CO)N4C(=O)[C@@H](NC(=O)Cc5cccs5)[C@H]4SC3)cc2)[C@@H](O)[C@H]1O. The smallest absolute Gasteiger partial charge is 0.411 e. The summed E-state index contributed by atoms with van der Waals surface area (Å²) in [5, 5.41) is 38.0. The number of hydrogen-bond acceptors (Lipinski definition) is 17. The summed E-state index contributed by atoms with van der Waals surface area (Å²) in [5.41, 5.74) is 8.07. The van der Waals surface area contributed by atoms with Crippen LogP contribution in [0.3, 0.4) is 0 Å². The third kappa shape index (κ3) is 8.29. The molecule has 3 aliphatic heterocycles. The van der Waals surface area contributed by atoms with Gasteiger partial charge in [0, 0.05) is 22.9 Å². The molecule has 55 heavy (non-hydrogen) atoms. The van der Waals surface area contributed by atoms with E-state index in [0.29, 0.717) is 28.3 Å². The number of ether oxygens (including phenoxy) is 2. The summed E-state index contributed by atoms with van der Waals surface area (Å²) in [5.74, 6) is -0.139. The molecule has 2 fully saturated rings. The molecule has 8 N–H and O–H groups in total. The van der Waals surface area contributed by atoms with Gasteiger partial charge < -0.3 is 35.8 Å². The van der Waals surface area contributed by atoms with E-state index in [-0.39, 0.29) is 53.7 Å². The molecule has 0 saturated carbocycles. The minimum atomic E-state index is -4.33. The number of nitrogens with two attached hydrogens (primary N) is 1. The van der Waals surface area contributed by atoms with Gasteiger partial charge in [-0.2, -0.15) is 13.1 Å². The van der Waals surface area contributed by atoms with Gasteiger partial charge in [-0.15, -0.1) is 23.1 Å². The number of carbonyl (C=O) groups excluding carboxylic acids is 3. The van der Waals surface area contributed by atoms with Crippen LogP contribution in [0.1, 0.15) is 16.7 Å². The maximum absolute atomic E-state index is 12.9. The number of carbonyl (C=O) groups is 3. The summed E-state index contributed by atoms with van der Waals surface area (Å²) in [6.07, 6.45) is -3.44. The Morgan fingerprint density at radius 3 is 2.65 bits per heavy atom. The average molecular weight is 818 g/mol. The number of thioether (sulfide) groups is 1. The molecule has 2 saturated heterocycles. The van der Waals surface area contributed by atoms with Crippen LogP contribution in [-0.4, -0.2) is 121 Å². The Hall–Kier alpha value is -4.72. The van der Waals surface area contributed by atoms with Crippen LogP contribution in [0.2, 0.25) is 0 Å². The molecule has 0 bridgehead atoms. The van der Waals surface area contributed by atoms with Gasteiger partial charge in [-0.25, -0.2) is 19.7 Å². The van der Waals surface area contributed by atoms with Crippen LogP contribution in [0.4, 0.5) is 16.3 Å². The highest BCUT2D eigenvalue weighted by atomic mass is 32.2. The highest BCUT2D eigenvalue weighted by molar-refractivity contribution is 8.00. The van der Waals surface area contributed by atoms with Crippen LogP contribution in [-0.2, 0) is 46.5 Å². The first-order chi connectivity index (χ1) is 26.4. The fraction of sp³-hybridized carbons (Fsp3) is 0.375. The fourth-order valence-corrected chi connectivity index (χ4v) is 8.96. The quantitative estimate of drug-likeness (QED) is 0.0796. The Labute approximate surface area is 320 Å². The summed E-state index contributed by atoms with van der Waals surface area (Å²) in [6, 6.07) is 9.15. The van der Waals surface area contributed by atoms with Gasteiger partial charge in [0.2, 0.25) is 5.91 Å². The molecule has 4 aromatic rings. The molecule has 23 heteroatoms. The maximum atomic E-state index is 12.9. The van der Waals surface area contributed by atoms with Crippen molar-refractivity contribution in [3.63, 3.8) is 0 Å². The number of aromatic nitrogens is 4. The van der Waals surface area contributed by atoms with Gasteiger partial charge in [0.1, 0.15) is 48.2 Å². The molecule has 1 aromatic carbocycles. The van der Waals surface area contributed by atoms with Gasteiger partial charge >= 0.3 is 16.4 Å². The van der Waals surface area contributed by atoms with E-state index < -0.39 is 60.2 Å². The van der Waals surface area contributed by atoms with Gasteiger partial charge in [0.15, 0.2) is 17.7 Å². The summed E-state index contributed by atoms with van der Waals surface area (Å²) >= 11 is 2.84. The van der Waals surface area contributed by atoms with Crippen molar-refractivity contribution in [2.45, 2.75) is 48.9 Å². The van der Waals surface area contributed by atoms with Crippen molar-refractivity contribution in [1.82, 2.24) is 34.5 Å². The number of rotatable bonds is 14. The standard InChI is InChI=1S/C32H35N9O11S3/c33-27-23-28(35-14-34-27)40(15-36-23)30-26(45)25(44)21(52-30)12-51-55(48,49)37-9-16-3-5-18(6-4-16)38-32(47)50-11-17-13-54-31-24(29(46)41(31)20(17)10-42)39-22(43)8-19-2-1-7-53-19/h1-7,14-15,21,24-26,30-31,37,42,44-45H,8-13H2,(H,38,47)(H,39,43)(H2,33,34,35)/t21-,24-,25-,26-,30-,31-/m1/s1. The van der Waals surface area contributed by atoms with Gasteiger partial charge in [-0.3, -0.25) is 28.6 Å². The number of β-lactam (4-membered cyclic amide) rings is 1. The molecule has 6 heterocycles. The van der Waals surface area contributed by atoms with E-state index in [4.69, 9.17) is 19.4 Å². The van der Waals surface area contributed by atoms with Crippen LogP contribution >= 0.6 is 23.1 Å². The topological polar surface area (TPSA) is 283 Å². The molecule has 0 radical (unpaired) electrons. The lowest BCUT2D eigenvalue weighted by atomic mass is 10.0. The lowest BCUT2D eigenvalue weighted by molar-refractivity contribution is -0.146. The Kier molecular flexibility index (Phi) is 11.3. The van der Waals surface area contributed by atoms with Crippen LogP contribution < -0.4 is 21.1 Å². The zero-order valence-corrected chi connectivity index (χ0v) is 31.0. The largest absolute Gasteiger partial charge is 0.445 e. The normalized spacial score (nSPS) is 23.8. The summed E-state index contributed by atoms with van der Waals surface area (Å²) < 4.78 is 44.9. The summed E-state index contributed by atoms with van der Waals surface area (Å²) in [4.78, 5) is 52.3. The minimum absolute atomic E-state index is 0.110.